The Morgan fingerprint density at radius 1 is 1.23 bits per heavy atom. The number of halogens is 1. The van der Waals surface area contributed by atoms with Gasteiger partial charge in [0.2, 0.25) is 0 Å². The summed E-state index contributed by atoms with van der Waals surface area (Å²) in [6.07, 6.45) is 1.70. The first-order valence-corrected chi connectivity index (χ1v) is 8.20. The van der Waals surface area contributed by atoms with Crippen LogP contribution in [0.2, 0.25) is 5.02 Å². The van der Waals surface area contributed by atoms with E-state index in [9.17, 15) is 9.90 Å². The number of rotatable bonds is 6. The summed E-state index contributed by atoms with van der Waals surface area (Å²) in [6, 6.07) is 3.22. The third-order valence-corrected chi connectivity index (χ3v) is 4.38. The summed E-state index contributed by atoms with van der Waals surface area (Å²) >= 11 is 6.20. The maximum absolute atomic E-state index is 11.9. The average Bonchev–Trinajstić information content (AvgIpc) is 2.49. The van der Waals surface area contributed by atoms with Crippen LogP contribution in [0, 0.1) is 0 Å². The monoisotopic (exact) mass is 324 g/mol. The highest BCUT2D eigenvalue weighted by Gasteiger charge is 2.20. The first kappa shape index (κ1) is 16.8. The van der Waals surface area contributed by atoms with Crippen molar-refractivity contribution in [1.82, 2.24) is 0 Å². The molecule has 0 saturated heterocycles. The number of aromatic hydroxyl groups is 1. The molecule has 0 unspecified atom stereocenters. The molecule has 1 aromatic heterocycles. The van der Waals surface area contributed by atoms with Crippen LogP contribution in [0.4, 0.5) is 0 Å². The van der Waals surface area contributed by atoms with Crippen LogP contribution in [0.1, 0.15) is 38.3 Å². The average molecular weight is 325 g/mol. The highest BCUT2D eigenvalue weighted by atomic mass is 35.5. The maximum Gasteiger partial charge on any atom is 0.336 e. The molecule has 1 heterocycles. The van der Waals surface area contributed by atoms with Crippen LogP contribution in [-0.2, 0) is 13.0 Å². The molecule has 0 fully saturated rings. The molecule has 0 bridgehead atoms. The van der Waals surface area contributed by atoms with Gasteiger partial charge in [-0.2, -0.15) is 0 Å². The lowest BCUT2D eigenvalue weighted by atomic mass is 10.0. The van der Waals surface area contributed by atoms with E-state index in [-0.39, 0.29) is 11.4 Å². The molecule has 2 rings (SSSR count). The molecule has 0 radical (unpaired) electrons. The first-order chi connectivity index (χ1) is 10.5. The topological polar surface area (TPSA) is 54.9 Å². The molecule has 22 heavy (non-hydrogen) atoms. The molecule has 0 amide bonds. The summed E-state index contributed by atoms with van der Waals surface area (Å²) in [5.74, 6) is 0.0189. The zero-order valence-corrected chi connectivity index (χ0v) is 14.1. The van der Waals surface area contributed by atoms with Crippen LogP contribution >= 0.6 is 11.6 Å². The molecule has 0 saturated carbocycles. The van der Waals surface area contributed by atoms with E-state index in [1.54, 1.807) is 6.07 Å². The molecule has 2 aromatic rings. The number of hydrogen-bond acceptors (Lipinski definition) is 3. The van der Waals surface area contributed by atoms with Crippen LogP contribution in [0.15, 0.2) is 21.3 Å². The number of quaternary nitrogens is 1. The SMILES string of the molecule is CCCc1cc(=O)oc2c(C[NH+](CC)CC)c(O)c(Cl)cc12. The summed E-state index contributed by atoms with van der Waals surface area (Å²) in [6.45, 7) is 8.64. The summed E-state index contributed by atoms with van der Waals surface area (Å²) in [5, 5.41) is 11.5. The number of nitrogens with one attached hydrogen (secondary N) is 1. The van der Waals surface area contributed by atoms with Crippen molar-refractivity contribution in [2.75, 3.05) is 13.1 Å². The second-order valence-electron chi connectivity index (χ2n) is 5.54. The highest BCUT2D eigenvalue weighted by Crippen LogP contribution is 2.35. The zero-order valence-electron chi connectivity index (χ0n) is 13.3. The van der Waals surface area contributed by atoms with Gasteiger partial charge in [0.05, 0.1) is 23.7 Å². The number of phenols is 1. The third kappa shape index (κ3) is 3.28. The summed E-state index contributed by atoms with van der Waals surface area (Å²) in [5.41, 5.74) is 1.63. The largest absolute Gasteiger partial charge is 0.506 e. The number of benzene rings is 1. The molecule has 1 aromatic carbocycles. The number of aryl methyl sites for hydroxylation is 1. The van der Waals surface area contributed by atoms with Crippen molar-refractivity contribution in [2.45, 2.75) is 40.2 Å². The van der Waals surface area contributed by atoms with Crippen LogP contribution in [0.5, 0.6) is 5.75 Å². The van der Waals surface area contributed by atoms with Gasteiger partial charge in [-0.15, -0.1) is 0 Å². The predicted molar refractivity (Wildman–Crippen MR) is 88.9 cm³/mol. The van der Waals surface area contributed by atoms with Crippen molar-refractivity contribution in [3.8, 4) is 5.75 Å². The molecule has 4 nitrogen and oxygen atoms in total. The minimum absolute atomic E-state index is 0.0189. The summed E-state index contributed by atoms with van der Waals surface area (Å²) < 4.78 is 5.42. The van der Waals surface area contributed by atoms with Gasteiger partial charge in [0.15, 0.2) is 5.58 Å². The van der Waals surface area contributed by atoms with E-state index in [4.69, 9.17) is 16.0 Å². The highest BCUT2D eigenvalue weighted by molar-refractivity contribution is 6.33. The Morgan fingerprint density at radius 2 is 1.91 bits per heavy atom. The number of phenolic OH excluding ortho intramolecular Hbond substituents is 1. The molecule has 0 aliphatic carbocycles. The molecule has 0 aliphatic heterocycles. The Labute approximate surface area is 135 Å². The smallest absolute Gasteiger partial charge is 0.336 e. The number of hydrogen-bond donors (Lipinski definition) is 2. The lowest BCUT2D eigenvalue weighted by Gasteiger charge is -2.18. The third-order valence-electron chi connectivity index (χ3n) is 4.09. The van der Waals surface area contributed by atoms with Gasteiger partial charge in [-0.25, -0.2) is 4.79 Å². The second kappa shape index (κ2) is 7.16. The van der Waals surface area contributed by atoms with Gasteiger partial charge in [0.25, 0.3) is 0 Å². The van der Waals surface area contributed by atoms with E-state index in [2.05, 4.69) is 20.8 Å². The lowest BCUT2D eigenvalue weighted by molar-refractivity contribution is -0.910. The molecule has 120 valence electrons. The fourth-order valence-corrected chi connectivity index (χ4v) is 2.99. The Morgan fingerprint density at radius 3 is 2.50 bits per heavy atom. The quantitative estimate of drug-likeness (QED) is 0.803. The Kier molecular flexibility index (Phi) is 5.48. The molecule has 0 atom stereocenters. The van der Waals surface area contributed by atoms with Crippen molar-refractivity contribution in [3.05, 3.63) is 38.7 Å². The van der Waals surface area contributed by atoms with Gasteiger partial charge >= 0.3 is 5.63 Å². The zero-order chi connectivity index (χ0) is 16.3. The van der Waals surface area contributed by atoms with Gasteiger partial charge in [-0.3, -0.25) is 0 Å². The van der Waals surface area contributed by atoms with Crippen LogP contribution in [0.3, 0.4) is 0 Å². The molecule has 5 heteroatoms. The van der Waals surface area contributed by atoms with Crippen LogP contribution in [0.25, 0.3) is 11.0 Å². The normalized spacial score (nSPS) is 11.5. The minimum Gasteiger partial charge on any atom is -0.506 e. The van der Waals surface area contributed by atoms with E-state index in [0.29, 0.717) is 22.7 Å². The lowest BCUT2D eigenvalue weighted by Crippen LogP contribution is -3.10. The standard InChI is InChI=1S/C17H22ClNO3/c1-4-7-11-8-15(20)22-17-12(11)9-14(18)16(21)13(17)10-19(5-2)6-3/h8-9,21H,4-7,10H2,1-3H3/p+1. The van der Waals surface area contributed by atoms with Crippen molar-refractivity contribution >= 4 is 22.6 Å². The van der Waals surface area contributed by atoms with Crippen molar-refractivity contribution in [3.63, 3.8) is 0 Å². The van der Waals surface area contributed by atoms with Gasteiger partial charge in [0.1, 0.15) is 12.3 Å². The predicted octanol–water partition coefficient (Wildman–Crippen LogP) is 2.53. The van der Waals surface area contributed by atoms with Crippen molar-refractivity contribution < 1.29 is 14.4 Å². The number of fused-ring (bicyclic) bond motifs is 1. The maximum atomic E-state index is 11.9. The van der Waals surface area contributed by atoms with Gasteiger partial charge in [-0.1, -0.05) is 24.9 Å². The van der Waals surface area contributed by atoms with Gasteiger partial charge < -0.3 is 14.4 Å². The van der Waals surface area contributed by atoms with E-state index in [0.717, 1.165) is 36.9 Å². The summed E-state index contributed by atoms with van der Waals surface area (Å²) in [4.78, 5) is 13.1. The van der Waals surface area contributed by atoms with Crippen LogP contribution < -0.4 is 10.5 Å². The molecule has 0 spiro atoms. The first-order valence-electron chi connectivity index (χ1n) is 7.82. The minimum atomic E-state index is -0.381. The Hall–Kier alpha value is -1.52. The Balaban J connectivity index is 2.72. The van der Waals surface area contributed by atoms with E-state index in [1.807, 2.05) is 0 Å². The summed E-state index contributed by atoms with van der Waals surface area (Å²) in [7, 11) is 0. The van der Waals surface area contributed by atoms with Crippen molar-refractivity contribution in [2.24, 2.45) is 0 Å². The van der Waals surface area contributed by atoms with Gasteiger partial charge in [-0.05, 0) is 31.9 Å². The van der Waals surface area contributed by atoms with Crippen LogP contribution in [-0.4, -0.2) is 18.2 Å². The molecular formula is C17H23ClNO3+. The van der Waals surface area contributed by atoms with E-state index in [1.165, 1.54) is 11.0 Å². The van der Waals surface area contributed by atoms with E-state index >= 15 is 0 Å². The fraction of sp³-hybridized carbons (Fsp3) is 0.471. The van der Waals surface area contributed by atoms with Gasteiger partial charge in [0, 0.05) is 11.5 Å². The molecular weight excluding hydrogens is 302 g/mol. The fourth-order valence-electron chi connectivity index (χ4n) is 2.77. The Bertz CT molecular complexity index is 720. The van der Waals surface area contributed by atoms with Crippen molar-refractivity contribution in [1.29, 1.82) is 0 Å². The molecule has 2 N–H and O–H groups in total. The second-order valence-corrected chi connectivity index (χ2v) is 5.94. The van der Waals surface area contributed by atoms with E-state index < -0.39 is 0 Å². The molecule has 0 aliphatic rings.